The van der Waals surface area contributed by atoms with Crippen molar-refractivity contribution in [3.63, 3.8) is 0 Å². The number of carbonyl (C=O) groups excluding carboxylic acids is 1. The minimum Gasteiger partial charge on any atom is -0.425 e. The van der Waals surface area contributed by atoms with Crippen LogP contribution in [0.2, 0.25) is 0 Å². The van der Waals surface area contributed by atoms with Crippen LogP contribution in [0.4, 0.5) is 0 Å². The van der Waals surface area contributed by atoms with Crippen LogP contribution in [-0.2, 0) is 6.42 Å². The zero-order valence-corrected chi connectivity index (χ0v) is 16.2. The van der Waals surface area contributed by atoms with Crippen LogP contribution < -0.4 is 0 Å². The maximum absolute atomic E-state index is 12.9. The van der Waals surface area contributed by atoms with E-state index in [0.717, 1.165) is 36.8 Å². The Bertz CT molecular complexity index is 937. The van der Waals surface area contributed by atoms with Gasteiger partial charge >= 0.3 is 0 Å². The van der Waals surface area contributed by atoms with Gasteiger partial charge in [-0.15, -0.1) is 10.2 Å². The number of benzene rings is 1. The van der Waals surface area contributed by atoms with Crippen molar-refractivity contribution in [1.82, 2.24) is 20.1 Å². The fraction of sp³-hybridized carbons (Fsp3) is 0.364. The smallest absolute Gasteiger partial charge is 0.253 e. The highest BCUT2D eigenvalue weighted by molar-refractivity contribution is 5.94. The summed E-state index contributed by atoms with van der Waals surface area (Å²) in [6.07, 6.45) is 7.07. The number of aryl methyl sites for hydroxylation is 1. The van der Waals surface area contributed by atoms with Crippen molar-refractivity contribution in [2.24, 2.45) is 0 Å². The van der Waals surface area contributed by atoms with Crippen molar-refractivity contribution in [3.8, 4) is 11.1 Å². The van der Waals surface area contributed by atoms with E-state index in [0.29, 0.717) is 17.3 Å². The number of hydrogen-bond donors (Lipinski definition) is 0. The molecule has 0 radical (unpaired) electrons. The summed E-state index contributed by atoms with van der Waals surface area (Å²) in [5.74, 6) is 1.67. The molecular formula is C22H24N4O2. The van der Waals surface area contributed by atoms with E-state index in [9.17, 15) is 4.79 Å². The molecule has 2 unspecified atom stereocenters. The van der Waals surface area contributed by atoms with Gasteiger partial charge in [0.25, 0.3) is 5.91 Å². The summed E-state index contributed by atoms with van der Waals surface area (Å²) in [4.78, 5) is 18.8. The van der Waals surface area contributed by atoms with Gasteiger partial charge in [0.05, 0.1) is 0 Å². The second kappa shape index (κ2) is 7.92. The lowest BCUT2D eigenvalue weighted by atomic mass is 10.0. The predicted molar refractivity (Wildman–Crippen MR) is 106 cm³/mol. The molecule has 2 atom stereocenters. The minimum absolute atomic E-state index is 0.0479. The van der Waals surface area contributed by atoms with Gasteiger partial charge in [0.1, 0.15) is 0 Å². The standard InChI is InChI=1S/C22H24N4O2/c1-3-20-24-25-21(28-20)18-8-9-19(14-18)26(2)22(27)17-6-4-15(5-7-17)16-10-12-23-13-11-16/h4-7,10-13,18-19H,3,8-9,14H2,1-2H3. The number of carbonyl (C=O) groups is 1. The van der Waals surface area contributed by atoms with E-state index in [1.807, 2.05) is 55.3 Å². The summed E-state index contributed by atoms with van der Waals surface area (Å²) < 4.78 is 5.72. The third-order valence-corrected chi connectivity index (χ3v) is 5.55. The molecule has 0 N–H and O–H groups in total. The fourth-order valence-corrected chi connectivity index (χ4v) is 3.83. The van der Waals surface area contributed by atoms with Gasteiger partial charge in [-0.25, -0.2) is 0 Å². The summed E-state index contributed by atoms with van der Waals surface area (Å²) in [5.41, 5.74) is 2.87. The topological polar surface area (TPSA) is 72.1 Å². The first-order valence-electron chi connectivity index (χ1n) is 9.75. The number of rotatable bonds is 5. The van der Waals surface area contributed by atoms with Crippen LogP contribution in [-0.4, -0.2) is 39.1 Å². The molecule has 4 rings (SSSR count). The van der Waals surface area contributed by atoms with Crippen molar-refractivity contribution in [2.75, 3.05) is 7.05 Å². The van der Waals surface area contributed by atoms with E-state index in [1.54, 1.807) is 12.4 Å². The molecule has 3 aromatic rings. The molecule has 1 fully saturated rings. The van der Waals surface area contributed by atoms with Crippen molar-refractivity contribution in [1.29, 1.82) is 0 Å². The molecule has 144 valence electrons. The van der Waals surface area contributed by atoms with Crippen molar-refractivity contribution in [2.45, 2.75) is 44.6 Å². The largest absolute Gasteiger partial charge is 0.425 e. The van der Waals surface area contributed by atoms with Crippen LogP contribution in [0.25, 0.3) is 11.1 Å². The van der Waals surface area contributed by atoms with Gasteiger partial charge in [0.2, 0.25) is 11.8 Å². The van der Waals surface area contributed by atoms with Gasteiger partial charge in [0.15, 0.2) is 0 Å². The maximum atomic E-state index is 12.9. The van der Waals surface area contributed by atoms with Gasteiger partial charge in [-0.05, 0) is 54.7 Å². The van der Waals surface area contributed by atoms with E-state index >= 15 is 0 Å². The zero-order valence-electron chi connectivity index (χ0n) is 16.2. The number of pyridine rings is 1. The van der Waals surface area contributed by atoms with Crippen LogP contribution >= 0.6 is 0 Å². The molecule has 0 bridgehead atoms. The highest BCUT2D eigenvalue weighted by atomic mass is 16.4. The van der Waals surface area contributed by atoms with E-state index in [4.69, 9.17) is 4.42 Å². The zero-order chi connectivity index (χ0) is 19.5. The third-order valence-electron chi connectivity index (χ3n) is 5.55. The molecule has 1 saturated carbocycles. The van der Waals surface area contributed by atoms with Crippen molar-refractivity contribution in [3.05, 3.63) is 66.1 Å². The van der Waals surface area contributed by atoms with E-state index < -0.39 is 0 Å². The lowest BCUT2D eigenvalue weighted by Crippen LogP contribution is -2.35. The summed E-state index contributed by atoms with van der Waals surface area (Å²) >= 11 is 0. The molecule has 1 aromatic carbocycles. The Hall–Kier alpha value is -3.02. The Morgan fingerprint density at radius 1 is 1.07 bits per heavy atom. The normalized spacial score (nSPS) is 18.9. The SMILES string of the molecule is CCc1nnc(C2CCC(N(C)C(=O)c3ccc(-c4ccncc4)cc3)C2)o1. The molecule has 1 aliphatic rings. The first kappa shape index (κ1) is 18.3. The van der Waals surface area contributed by atoms with Gasteiger partial charge in [-0.1, -0.05) is 19.1 Å². The molecule has 1 amide bonds. The second-order valence-corrected chi connectivity index (χ2v) is 7.28. The third kappa shape index (κ3) is 3.67. The molecule has 0 saturated heterocycles. The highest BCUT2D eigenvalue weighted by Crippen LogP contribution is 2.36. The molecule has 6 nitrogen and oxygen atoms in total. The lowest BCUT2D eigenvalue weighted by Gasteiger charge is -2.24. The molecule has 2 aromatic heterocycles. The predicted octanol–water partition coefficient (Wildman–Crippen LogP) is 4.10. The van der Waals surface area contributed by atoms with Gasteiger partial charge in [-0.2, -0.15) is 0 Å². The maximum Gasteiger partial charge on any atom is 0.253 e. The van der Waals surface area contributed by atoms with Gasteiger partial charge < -0.3 is 9.32 Å². The Balaban J connectivity index is 1.42. The summed E-state index contributed by atoms with van der Waals surface area (Å²) in [5, 5.41) is 8.24. The number of amides is 1. The van der Waals surface area contributed by atoms with Crippen molar-refractivity contribution >= 4 is 5.91 Å². The number of aromatic nitrogens is 3. The Labute approximate surface area is 164 Å². The average molecular weight is 376 g/mol. The van der Waals surface area contributed by atoms with Crippen LogP contribution in [0.15, 0.2) is 53.2 Å². The van der Waals surface area contributed by atoms with E-state index in [1.165, 1.54) is 0 Å². The monoisotopic (exact) mass is 376 g/mol. The number of hydrogen-bond acceptors (Lipinski definition) is 5. The summed E-state index contributed by atoms with van der Waals surface area (Å²) in [6, 6.07) is 11.9. The Kier molecular flexibility index (Phi) is 5.19. The first-order chi connectivity index (χ1) is 13.7. The molecule has 0 spiro atoms. The summed E-state index contributed by atoms with van der Waals surface area (Å²) in [7, 11) is 1.89. The molecule has 6 heteroatoms. The highest BCUT2D eigenvalue weighted by Gasteiger charge is 2.33. The quantitative estimate of drug-likeness (QED) is 0.670. The lowest BCUT2D eigenvalue weighted by molar-refractivity contribution is 0.0733. The fourth-order valence-electron chi connectivity index (χ4n) is 3.83. The molecule has 28 heavy (non-hydrogen) atoms. The molecule has 2 heterocycles. The Morgan fingerprint density at radius 3 is 2.46 bits per heavy atom. The van der Waals surface area contributed by atoms with Gasteiger partial charge in [0, 0.05) is 43.4 Å². The van der Waals surface area contributed by atoms with Crippen LogP contribution in [0.3, 0.4) is 0 Å². The van der Waals surface area contributed by atoms with Crippen LogP contribution in [0.1, 0.15) is 54.2 Å². The molecule has 1 aliphatic carbocycles. The first-order valence-corrected chi connectivity index (χ1v) is 9.75. The Morgan fingerprint density at radius 2 is 1.79 bits per heavy atom. The molecular weight excluding hydrogens is 352 g/mol. The van der Waals surface area contributed by atoms with Crippen molar-refractivity contribution < 1.29 is 9.21 Å². The van der Waals surface area contributed by atoms with Gasteiger partial charge in [-0.3, -0.25) is 9.78 Å². The summed E-state index contributed by atoms with van der Waals surface area (Å²) in [6.45, 7) is 2.00. The van der Waals surface area contributed by atoms with Crippen LogP contribution in [0, 0.1) is 0 Å². The van der Waals surface area contributed by atoms with E-state index in [2.05, 4.69) is 15.2 Å². The van der Waals surface area contributed by atoms with E-state index in [-0.39, 0.29) is 17.9 Å². The van der Waals surface area contributed by atoms with Crippen LogP contribution in [0.5, 0.6) is 0 Å². The second-order valence-electron chi connectivity index (χ2n) is 7.28. The average Bonchev–Trinajstić information content (AvgIpc) is 3.43. The number of nitrogens with zero attached hydrogens (tertiary/aromatic N) is 4. The molecule has 0 aliphatic heterocycles. The minimum atomic E-state index is 0.0479.